The van der Waals surface area contributed by atoms with E-state index in [2.05, 4.69) is 0 Å². The van der Waals surface area contributed by atoms with Crippen LogP contribution in [0.25, 0.3) is 0 Å². The average Bonchev–Trinajstić information content (AvgIpc) is 2.18. The molecule has 0 atom stereocenters. The van der Waals surface area contributed by atoms with Crippen LogP contribution in [0.1, 0.15) is 5.56 Å². The maximum atomic E-state index is 12.8. The zero-order chi connectivity index (χ0) is 12.7. The van der Waals surface area contributed by atoms with Gasteiger partial charge in [-0.2, -0.15) is 13.2 Å². The van der Waals surface area contributed by atoms with E-state index >= 15 is 0 Å². The maximum Gasteiger partial charge on any atom is 0.420 e. The van der Waals surface area contributed by atoms with Gasteiger partial charge < -0.3 is 0 Å². The first-order chi connectivity index (χ1) is 7.21. The van der Waals surface area contributed by atoms with Crippen LogP contribution in [0.2, 0.25) is 0 Å². The summed E-state index contributed by atoms with van der Waals surface area (Å²) in [7, 11) is 4.48. The topological polar surface area (TPSA) is 0 Å². The summed E-state index contributed by atoms with van der Waals surface area (Å²) in [5, 5.41) is 0. The molecule has 0 N–H and O–H groups in total. The molecule has 0 saturated carbocycles. The van der Waals surface area contributed by atoms with Crippen molar-refractivity contribution in [2.75, 3.05) is 0 Å². The molecule has 0 aromatic heterocycles. The normalized spacial score (nSPS) is 12.0. The Labute approximate surface area is 92.9 Å². The molecule has 0 saturated heterocycles. The quantitative estimate of drug-likeness (QED) is 0.415. The Morgan fingerprint density at radius 1 is 0.812 bits per heavy atom. The van der Waals surface area contributed by atoms with Gasteiger partial charge in [-0.15, -0.1) is 0 Å². The fraction of sp³-hybridized carbons (Fsp3) is 0.143. The van der Waals surface area contributed by atoms with Crippen LogP contribution < -0.4 is 0 Å². The fourth-order valence-corrected chi connectivity index (χ4v) is 1.81. The van der Waals surface area contributed by atoms with E-state index in [1.54, 1.807) is 0 Å². The minimum absolute atomic E-state index is 0.383. The fourth-order valence-electron chi connectivity index (χ4n) is 0.937. The van der Waals surface area contributed by atoms with Gasteiger partial charge in [-0.1, -0.05) is 0 Å². The molecule has 0 heterocycles. The van der Waals surface area contributed by atoms with Crippen LogP contribution in [0.5, 0.6) is 0 Å². The first-order valence-corrected chi connectivity index (χ1v) is 5.07. The molecule has 0 aliphatic rings. The highest BCUT2D eigenvalue weighted by Crippen LogP contribution is 2.42. The number of benzene rings is 1. The molecule has 90 valence electrons. The van der Waals surface area contributed by atoms with E-state index in [-0.39, 0.29) is 11.0 Å². The summed E-state index contributed by atoms with van der Waals surface area (Å²) in [6, 6.07) is 0. The first-order valence-electron chi connectivity index (χ1n) is 3.43. The van der Waals surface area contributed by atoms with Gasteiger partial charge >= 0.3 is 6.18 Å². The van der Waals surface area contributed by atoms with Gasteiger partial charge in [0.05, 0.1) is 4.90 Å². The van der Waals surface area contributed by atoms with Crippen molar-refractivity contribution in [3.63, 3.8) is 0 Å². The van der Waals surface area contributed by atoms with Crippen LogP contribution in [-0.2, 0) is 6.18 Å². The Morgan fingerprint density at radius 2 is 1.25 bits per heavy atom. The zero-order valence-electron chi connectivity index (χ0n) is 6.93. The minimum atomic E-state index is -5.38. The molecule has 0 radical (unpaired) electrons. The summed E-state index contributed by atoms with van der Waals surface area (Å²) in [5.74, 6) is -9.56. The van der Waals surface area contributed by atoms with Crippen molar-refractivity contribution in [3.8, 4) is 0 Å². The first kappa shape index (κ1) is 13.4. The van der Waals surface area contributed by atoms with E-state index < -0.39 is 39.9 Å². The highest BCUT2D eigenvalue weighted by Gasteiger charge is 2.42. The van der Waals surface area contributed by atoms with Crippen molar-refractivity contribution < 1.29 is 30.7 Å². The number of hydrogen-bond donors (Lipinski definition) is 0. The summed E-state index contributed by atoms with van der Waals surface area (Å²) in [6.07, 6.45) is -5.38. The smallest absolute Gasteiger partial charge is 0.203 e. The largest absolute Gasteiger partial charge is 0.420 e. The van der Waals surface area contributed by atoms with Crippen molar-refractivity contribution in [3.05, 3.63) is 28.8 Å². The standard InChI is InChI=1S/C7ClF7S/c8-16-6-1(7(13,14)15)2(9)3(10)4(11)5(6)12. The highest BCUT2D eigenvalue weighted by molar-refractivity contribution is 8.21. The molecule has 0 aliphatic heterocycles. The molecule has 0 amide bonds. The second-order valence-electron chi connectivity index (χ2n) is 2.53. The molecular weight excluding hydrogens is 285 g/mol. The second-order valence-corrected chi connectivity index (χ2v) is 3.56. The summed E-state index contributed by atoms with van der Waals surface area (Å²) in [6.45, 7) is 0. The van der Waals surface area contributed by atoms with Gasteiger partial charge in [0.25, 0.3) is 0 Å². The van der Waals surface area contributed by atoms with E-state index in [9.17, 15) is 30.7 Å². The van der Waals surface area contributed by atoms with Crippen molar-refractivity contribution in [2.45, 2.75) is 11.1 Å². The molecule has 0 fully saturated rings. The third-order valence-electron chi connectivity index (χ3n) is 1.58. The lowest BCUT2D eigenvalue weighted by molar-refractivity contribution is -0.143. The Balaban J connectivity index is 3.72. The maximum absolute atomic E-state index is 12.8. The molecule has 16 heavy (non-hydrogen) atoms. The van der Waals surface area contributed by atoms with Crippen LogP contribution in [0.15, 0.2) is 4.90 Å². The lowest BCUT2D eigenvalue weighted by Crippen LogP contribution is -2.14. The molecule has 1 rings (SSSR count). The average molecular weight is 285 g/mol. The number of halogens is 8. The van der Waals surface area contributed by atoms with Crippen LogP contribution in [0.4, 0.5) is 30.7 Å². The van der Waals surface area contributed by atoms with Gasteiger partial charge in [0.15, 0.2) is 23.3 Å². The predicted octanol–water partition coefficient (Wildman–Crippen LogP) is 4.51. The SMILES string of the molecule is Fc1c(F)c(F)c(C(F)(F)F)c(SCl)c1F. The molecule has 0 spiro atoms. The monoisotopic (exact) mass is 284 g/mol. The van der Waals surface area contributed by atoms with E-state index in [1.807, 2.05) is 0 Å². The molecular formula is C7ClF7S. The van der Waals surface area contributed by atoms with Gasteiger partial charge in [0.2, 0.25) is 0 Å². The molecule has 0 bridgehead atoms. The van der Waals surface area contributed by atoms with Gasteiger partial charge in [-0.3, -0.25) is 0 Å². The van der Waals surface area contributed by atoms with Gasteiger partial charge in [0, 0.05) is 0 Å². The van der Waals surface area contributed by atoms with Gasteiger partial charge in [-0.25, -0.2) is 17.6 Å². The molecule has 0 aliphatic carbocycles. The lowest BCUT2D eigenvalue weighted by Gasteiger charge is -2.13. The third kappa shape index (κ3) is 2.08. The Hall–Kier alpha value is -0.630. The Kier molecular flexibility index (Phi) is 3.63. The van der Waals surface area contributed by atoms with E-state index in [4.69, 9.17) is 10.7 Å². The second kappa shape index (κ2) is 4.33. The summed E-state index contributed by atoms with van der Waals surface area (Å²) in [5.41, 5.74) is -2.26. The molecule has 1 aromatic rings. The third-order valence-corrected chi connectivity index (χ3v) is 2.59. The molecule has 1 aromatic carbocycles. The van der Waals surface area contributed by atoms with Gasteiger partial charge in [0.1, 0.15) is 5.56 Å². The lowest BCUT2D eigenvalue weighted by atomic mass is 10.2. The van der Waals surface area contributed by atoms with E-state index in [0.29, 0.717) is 0 Å². The molecule has 0 unspecified atom stereocenters. The highest BCUT2D eigenvalue weighted by atomic mass is 35.7. The van der Waals surface area contributed by atoms with Crippen LogP contribution >= 0.6 is 21.7 Å². The van der Waals surface area contributed by atoms with Crippen molar-refractivity contribution in [2.24, 2.45) is 0 Å². The summed E-state index contributed by atoms with van der Waals surface area (Å²) in [4.78, 5) is -1.54. The Bertz CT molecular complexity index is 428. The molecule has 0 nitrogen and oxygen atoms in total. The predicted molar refractivity (Wildman–Crippen MR) is 43.0 cm³/mol. The minimum Gasteiger partial charge on any atom is -0.203 e. The van der Waals surface area contributed by atoms with Crippen molar-refractivity contribution in [1.29, 1.82) is 0 Å². The molecule has 9 heteroatoms. The van der Waals surface area contributed by atoms with Crippen LogP contribution in [0, 0.1) is 23.3 Å². The summed E-state index contributed by atoms with van der Waals surface area (Å²) >= 11 is 0. The Morgan fingerprint density at radius 3 is 1.62 bits per heavy atom. The van der Waals surface area contributed by atoms with E-state index in [0.717, 1.165) is 0 Å². The van der Waals surface area contributed by atoms with Crippen molar-refractivity contribution in [1.82, 2.24) is 0 Å². The van der Waals surface area contributed by atoms with Gasteiger partial charge in [-0.05, 0) is 21.7 Å². The van der Waals surface area contributed by atoms with Crippen LogP contribution in [0.3, 0.4) is 0 Å². The van der Waals surface area contributed by atoms with E-state index in [1.165, 1.54) is 0 Å². The zero-order valence-corrected chi connectivity index (χ0v) is 8.50. The summed E-state index contributed by atoms with van der Waals surface area (Å²) < 4.78 is 87.5. The number of rotatable bonds is 1. The number of alkyl halides is 3. The number of hydrogen-bond acceptors (Lipinski definition) is 1. The van der Waals surface area contributed by atoms with Crippen LogP contribution in [-0.4, -0.2) is 0 Å². The van der Waals surface area contributed by atoms with Crippen molar-refractivity contribution >= 4 is 21.7 Å².